The van der Waals surface area contributed by atoms with Crippen LogP contribution in [0.2, 0.25) is 0 Å². The fourth-order valence-corrected chi connectivity index (χ4v) is 3.70. The van der Waals surface area contributed by atoms with Gasteiger partial charge in [-0.3, -0.25) is 4.79 Å². The Morgan fingerprint density at radius 3 is 2.40 bits per heavy atom. The Hall–Kier alpha value is -1.06. The number of carbonyl (C=O) groups is 2. The SMILES string of the molecule is CCC1CCN(C(=O)CC2CCCCC2)C(C(=O)O)C1. The molecule has 0 aromatic rings. The minimum atomic E-state index is -0.833. The zero-order valence-electron chi connectivity index (χ0n) is 12.5. The first-order valence-corrected chi connectivity index (χ1v) is 8.14. The monoisotopic (exact) mass is 281 g/mol. The molecule has 1 N–H and O–H groups in total. The topological polar surface area (TPSA) is 57.6 Å². The van der Waals surface area contributed by atoms with Crippen molar-refractivity contribution in [1.82, 2.24) is 4.90 Å². The fourth-order valence-electron chi connectivity index (χ4n) is 3.70. The van der Waals surface area contributed by atoms with Crippen molar-refractivity contribution in [2.45, 2.75) is 70.8 Å². The summed E-state index contributed by atoms with van der Waals surface area (Å²) in [6, 6.07) is -0.593. The van der Waals surface area contributed by atoms with Crippen molar-refractivity contribution in [2.24, 2.45) is 11.8 Å². The minimum Gasteiger partial charge on any atom is -0.480 e. The van der Waals surface area contributed by atoms with E-state index < -0.39 is 12.0 Å². The molecule has 0 aromatic carbocycles. The number of hydrogen-bond acceptors (Lipinski definition) is 2. The summed E-state index contributed by atoms with van der Waals surface area (Å²) in [5.41, 5.74) is 0. The molecule has 1 saturated heterocycles. The summed E-state index contributed by atoms with van der Waals surface area (Å²) in [5, 5.41) is 9.38. The lowest BCUT2D eigenvalue weighted by atomic mass is 9.85. The molecule has 1 heterocycles. The molecule has 114 valence electrons. The third-order valence-corrected chi connectivity index (χ3v) is 5.08. The first kappa shape index (κ1) is 15.3. The van der Waals surface area contributed by atoms with Crippen LogP contribution >= 0.6 is 0 Å². The van der Waals surface area contributed by atoms with Gasteiger partial charge in [-0.25, -0.2) is 4.79 Å². The molecule has 4 heteroatoms. The summed E-state index contributed by atoms with van der Waals surface area (Å²) >= 11 is 0. The van der Waals surface area contributed by atoms with Crippen LogP contribution in [0.1, 0.15) is 64.7 Å². The van der Waals surface area contributed by atoms with E-state index in [1.54, 1.807) is 4.90 Å². The van der Waals surface area contributed by atoms with Gasteiger partial charge in [0, 0.05) is 13.0 Å². The highest BCUT2D eigenvalue weighted by atomic mass is 16.4. The molecule has 0 spiro atoms. The van der Waals surface area contributed by atoms with Crippen molar-refractivity contribution in [3.63, 3.8) is 0 Å². The van der Waals surface area contributed by atoms with Gasteiger partial charge in [0.1, 0.15) is 6.04 Å². The van der Waals surface area contributed by atoms with Crippen LogP contribution < -0.4 is 0 Å². The van der Waals surface area contributed by atoms with E-state index in [2.05, 4.69) is 6.92 Å². The highest BCUT2D eigenvalue weighted by Crippen LogP contribution is 2.30. The maximum atomic E-state index is 12.4. The summed E-state index contributed by atoms with van der Waals surface area (Å²) in [6.07, 6.45) is 9.14. The van der Waals surface area contributed by atoms with Crippen LogP contribution in [0.5, 0.6) is 0 Å². The lowest BCUT2D eigenvalue weighted by Crippen LogP contribution is -2.50. The molecule has 0 bridgehead atoms. The maximum Gasteiger partial charge on any atom is 0.326 e. The highest BCUT2D eigenvalue weighted by Gasteiger charge is 2.36. The number of likely N-dealkylation sites (tertiary alicyclic amines) is 1. The first-order chi connectivity index (χ1) is 9.61. The van der Waals surface area contributed by atoms with Crippen LogP contribution in [-0.4, -0.2) is 34.5 Å². The smallest absolute Gasteiger partial charge is 0.326 e. The number of rotatable bonds is 4. The quantitative estimate of drug-likeness (QED) is 0.861. The molecule has 1 aliphatic carbocycles. The Morgan fingerprint density at radius 1 is 1.10 bits per heavy atom. The number of carboxylic acids is 1. The van der Waals surface area contributed by atoms with Crippen LogP contribution in [-0.2, 0) is 9.59 Å². The molecule has 2 rings (SSSR count). The lowest BCUT2D eigenvalue weighted by Gasteiger charge is -2.38. The van der Waals surface area contributed by atoms with E-state index in [0.717, 1.165) is 25.7 Å². The summed E-state index contributed by atoms with van der Waals surface area (Å²) in [5.74, 6) is 0.170. The van der Waals surface area contributed by atoms with Crippen molar-refractivity contribution in [3.8, 4) is 0 Å². The average molecular weight is 281 g/mol. The molecule has 20 heavy (non-hydrogen) atoms. The van der Waals surface area contributed by atoms with E-state index in [0.29, 0.717) is 31.2 Å². The second-order valence-electron chi connectivity index (χ2n) is 6.45. The normalized spacial score (nSPS) is 28.4. The van der Waals surface area contributed by atoms with Gasteiger partial charge in [-0.05, 0) is 37.5 Å². The molecular weight excluding hydrogens is 254 g/mol. The third-order valence-electron chi connectivity index (χ3n) is 5.08. The lowest BCUT2D eigenvalue weighted by molar-refractivity contribution is -0.153. The molecule has 4 nitrogen and oxygen atoms in total. The molecule has 2 unspecified atom stereocenters. The predicted octanol–water partition coefficient (Wildman–Crippen LogP) is 3.06. The number of carbonyl (C=O) groups excluding carboxylic acids is 1. The number of piperidine rings is 1. The van der Waals surface area contributed by atoms with Crippen LogP contribution in [0, 0.1) is 11.8 Å². The number of aliphatic carboxylic acids is 1. The molecule has 1 saturated carbocycles. The summed E-state index contributed by atoms with van der Waals surface area (Å²) in [4.78, 5) is 25.5. The van der Waals surface area contributed by atoms with Gasteiger partial charge in [-0.1, -0.05) is 32.6 Å². The zero-order valence-corrected chi connectivity index (χ0v) is 12.5. The predicted molar refractivity (Wildman–Crippen MR) is 77.3 cm³/mol. The summed E-state index contributed by atoms with van der Waals surface area (Å²) in [7, 11) is 0. The first-order valence-electron chi connectivity index (χ1n) is 8.14. The molecule has 0 aromatic heterocycles. The fraction of sp³-hybridized carbons (Fsp3) is 0.875. The minimum absolute atomic E-state index is 0.0684. The molecule has 1 amide bonds. The van der Waals surface area contributed by atoms with Gasteiger partial charge >= 0.3 is 5.97 Å². The van der Waals surface area contributed by atoms with Crippen molar-refractivity contribution >= 4 is 11.9 Å². The molecule has 1 aliphatic heterocycles. The van der Waals surface area contributed by atoms with Crippen LogP contribution in [0.3, 0.4) is 0 Å². The zero-order chi connectivity index (χ0) is 14.5. The van der Waals surface area contributed by atoms with Crippen LogP contribution in [0.4, 0.5) is 0 Å². The summed E-state index contributed by atoms with van der Waals surface area (Å²) in [6.45, 7) is 2.73. The van der Waals surface area contributed by atoms with E-state index in [9.17, 15) is 14.7 Å². The van der Waals surface area contributed by atoms with Crippen LogP contribution in [0.15, 0.2) is 0 Å². The van der Waals surface area contributed by atoms with E-state index >= 15 is 0 Å². The van der Waals surface area contributed by atoms with E-state index in [1.165, 1.54) is 19.3 Å². The summed E-state index contributed by atoms with van der Waals surface area (Å²) < 4.78 is 0. The number of carboxylic acid groups (broad SMARTS) is 1. The second kappa shape index (κ2) is 7.09. The van der Waals surface area contributed by atoms with Gasteiger partial charge < -0.3 is 10.0 Å². The van der Waals surface area contributed by atoms with Crippen molar-refractivity contribution in [1.29, 1.82) is 0 Å². The molecule has 2 fully saturated rings. The third kappa shape index (κ3) is 3.74. The molecule has 0 radical (unpaired) electrons. The second-order valence-corrected chi connectivity index (χ2v) is 6.45. The maximum absolute atomic E-state index is 12.4. The number of nitrogens with zero attached hydrogens (tertiary/aromatic N) is 1. The Bertz CT molecular complexity index is 350. The molecule has 2 aliphatic rings. The van der Waals surface area contributed by atoms with Crippen LogP contribution in [0.25, 0.3) is 0 Å². The van der Waals surface area contributed by atoms with Crippen molar-refractivity contribution < 1.29 is 14.7 Å². The van der Waals surface area contributed by atoms with E-state index in [-0.39, 0.29) is 5.91 Å². The van der Waals surface area contributed by atoms with Gasteiger partial charge in [-0.15, -0.1) is 0 Å². The Labute approximate surface area is 121 Å². The van der Waals surface area contributed by atoms with Gasteiger partial charge in [-0.2, -0.15) is 0 Å². The highest BCUT2D eigenvalue weighted by molar-refractivity contribution is 5.84. The largest absolute Gasteiger partial charge is 0.480 e. The Balaban J connectivity index is 1.94. The van der Waals surface area contributed by atoms with Gasteiger partial charge in [0.2, 0.25) is 5.91 Å². The van der Waals surface area contributed by atoms with Gasteiger partial charge in [0.05, 0.1) is 0 Å². The van der Waals surface area contributed by atoms with E-state index in [4.69, 9.17) is 0 Å². The van der Waals surface area contributed by atoms with Gasteiger partial charge in [0.25, 0.3) is 0 Å². The molecular formula is C16H27NO3. The molecule has 2 atom stereocenters. The number of hydrogen-bond donors (Lipinski definition) is 1. The van der Waals surface area contributed by atoms with Gasteiger partial charge in [0.15, 0.2) is 0 Å². The Kier molecular flexibility index (Phi) is 5.44. The van der Waals surface area contributed by atoms with Crippen molar-refractivity contribution in [2.75, 3.05) is 6.54 Å². The van der Waals surface area contributed by atoms with E-state index in [1.807, 2.05) is 0 Å². The average Bonchev–Trinajstić information content (AvgIpc) is 2.47. The standard InChI is InChI=1S/C16H27NO3/c1-2-12-8-9-17(14(10-12)16(19)20)15(18)11-13-6-4-3-5-7-13/h12-14H,2-11H2,1H3,(H,19,20). The Morgan fingerprint density at radius 2 is 1.80 bits per heavy atom. The number of amides is 1. The van der Waals surface area contributed by atoms with Crippen molar-refractivity contribution in [3.05, 3.63) is 0 Å².